The molecule has 0 aromatic heterocycles. The molecule has 0 atom stereocenters. The summed E-state index contributed by atoms with van der Waals surface area (Å²) < 4.78 is 16.2. The van der Waals surface area contributed by atoms with Gasteiger partial charge in [-0.15, -0.1) is 0 Å². The second-order valence-corrected chi connectivity index (χ2v) is 3.79. The van der Waals surface area contributed by atoms with Crippen LogP contribution in [0.1, 0.15) is 13.3 Å². The van der Waals surface area contributed by atoms with Crippen molar-refractivity contribution >= 4 is 5.69 Å². The molecule has 4 nitrogen and oxygen atoms in total. The molecule has 4 heteroatoms. The fourth-order valence-electron chi connectivity index (χ4n) is 1.43. The summed E-state index contributed by atoms with van der Waals surface area (Å²) in [5.74, 6) is 1.38. The van der Waals surface area contributed by atoms with Crippen LogP contribution in [-0.2, 0) is 4.74 Å². The van der Waals surface area contributed by atoms with Crippen LogP contribution >= 0.6 is 0 Å². The van der Waals surface area contributed by atoms with Crippen LogP contribution < -0.4 is 15.2 Å². The van der Waals surface area contributed by atoms with Crippen molar-refractivity contribution in [2.45, 2.75) is 19.4 Å². The zero-order valence-corrected chi connectivity index (χ0v) is 9.44. The number of rotatable bonds is 5. The lowest BCUT2D eigenvalue weighted by molar-refractivity contribution is -0.0794. The number of nitrogen functional groups attached to an aromatic ring is 1. The minimum absolute atomic E-state index is 0.128. The van der Waals surface area contributed by atoms with E-state index in [0.29, 0.717) is 37.0 Å². The standard InChI is InChI=1S/C12H17NO3/c1-2-6-15-10-4-3-5-11(12(10)13)16-9-7-14-8-9/h3-5,9H,2,6-8,13H2,1H3. The predicted molar refractivity (Wildman–Crippen MR) is 61.9 cm³/mol. The zero-order chi connectivity index (χ0) is 11.4. The van der Waals surface area contributed by atoms with Crippen molar-refractivity contribution in [2.75, 3.05) is 25.6 Å². The Morgan fingerprint density at radius 3 is 2.75 bits per heavy atom. The number of anilines is 1. The average Bonchev–Trinajstić information content (AvgIpc) is 2.23. The quantitative estimate of drug-likeness (QED) is 0.774. The highest BCUT2D eigenvalue weighted by molar-refractivity contribution is 5.62. The normalized spacial score (nSPS) is 15.6. The van der Waals surface area contributed by atoms with Gasteiger partial charge in [0, 0.05) is 0 Å². The Bertz CT molecular complexity index is 350. The van der Waals surface area contributed by atoms with Crippen molar-refractivity contribution < 1.29 is 14.2 Å². The lowest BCUT2D eigenvalue weighted by Gasteiger charge is -2.27. The van der Waals surface area contributed by atoms with Gasteiger partial charge in [-0.25, -0.2) is 0 Å². The summed E-state index contributed by atoms with van der Waals surface area (Å²) in [5, 5.41) is 0. The number of para-hydroxylation sites is 1. The van der Waals surface area contributed by atoms with Gasteiger partial charge in [0.1, 0.15) is 23.3 Å². The Morgan fingerprint density at radius 2 is 2.12 bits per heavy atom. The summed E-state index contributed by atoms with van der Waals surface area (Å²) in [6, 6.07) is 5.60. The maximum atomic E-state index is 5.96. The minimum atomic E-state index is 0.128. The van der Waals surface area contributed by atoms with Gasteiger partial charge < -0.3 is 19.9 Å². The van der Waals surface area contributed by atoms with Gasteiger partial charge in [0.2, 0.25) is 0 Å². The van der Waals surface area contributed by atoms with Gasteiger partial charge in [0.25, 0.3) is 0 Å². The highest BCUT2D eigenvalue weighted by Crippen LogP contribution is 2.32. The third kappa shape index (κ3) is 2.39. The Labute approximate surface area is 95.3 Å². The molecule has 16 heavy (non-hydrogen) atoms. The third-order valence-electron chi connectivity index (χ3n) is 2.39. The van der Waals surface area contributed by atoms with Crippen LogP contribution in [0.15, 0.2) is 18.2 Å². The molecular formula is C12H17NO3. The molecule has 1 saturated heterocycles. The van der Waals surface area contributed by atoms with E-state index in [1.54, 1.807) is 0 Å². The van der Waals surface area contributed by atoms with Gasteiger partial charge in [0.15, 0.2) is 0 Å². The first-order valence-corrected chi connectivity index (χ1v) is 5.57. The molecule has 1 aromatic rings. The summed E-state index contributed by atoms with van der Waals surface area (Å²) in [6.07, 6.45) is 1.09. The molecule has 1 aliphatic rings. The fourth-order valence-corrected chi connectivity index (χ4v) is 1.43. The van der Waals surface area contributed by atoms with Crippen molar-refractivity contribution in [3.05, 3.63) is 18.2 Å². The van der Waals surface area contributed by atoms with E-state index in [9.17, 15) is 0 Å². The first kappa shape index (κ1) is 11.1. The molecule has 1 fully saturated rings. The largest absolute Gasteiger partial charge is 0.491 e. The molecule has 2 rings (SSSR count). The monoisotopic (exact) mass is 223 g/mol. The number of hydrogen-bond donors (Lipinski definition) is 1. The lowest BCUT2D eigenvalue weighted by Crippen LogP contribution is -2.38. The second-order valence-electron chi connectivity index (χ2n) is 3.79. The molecule has 0 radical (unpaired) electrons. The predicted octanol–water partition coefficient (Wildman–Crippen LogP) is 1.84. The molecule has 1 aliphatic heterocycles. The molecule has 1 aromatic carbocycles. The topological polar surface area (TPSA) is 53.7 Å². The number of ether oxygens (including phenoxy) is 3. The number of hydrogen-bond acceptors (Lipinski definition) is 4. The van der Waals surface area contributed by atoms with Crippen LogP contribution in [0.25, 0.3) is 0 Å². The number of benzene rings is 1. The Morgan fingerprint density at radius 1 is 1.38 bits per heavy atom. The lowest BCUT2D eigenvalue weighted by atomic mass is 10.2. The third-order valence-corrected chi connectivity index (χ3v) is 2.39. The van der Waals surface area contributed by atoms with E-state index in [1.807, 2.05) is 18.2 Å². The Balaban J connectivity index is 2.05. The van der Waals surface area contributed by atoms with Crippen molar-refractivity contribution in [1.82, 2.24) is 0 Å². The SMILES string of the molecule is CCCOc1cccc(OC2COC2)c1N. The summed E-state index contributed by atoms with van der Waals surface area (Å²) >= 11 is 0. The van der Waals surface area contributed by atoms with E-state index in [0.717, 1.165) is 6.42 Å². The van der Waals surface area contributed by atoms with E-state index in [2.05, 4.69) is 6.92 Å². The van der Waals surface area contributed by atoms with E-state index in [4.69, 9.17) is 19.9 Å². The molecule has 0 amide bonds. The van der Waals surface area contributed by atoms with Gasteiger partial charge in [-0.3, -0.25) is 0 Å². The van der Waals surface area contributed by atoms with Crippen LogP contribution in [0.5, 0.6) is 11.5 Å². The van der Waals surface area contributed by atoms with Crippen molar-refractivity contribution in [3.63, 3.8) is 0 Å². The van der Waals surface area contributed by atoms with E-state index in [-0.39, 0.29) is 6.10 Å². The van der Waals surface area contributed by atoms with Gasteiger partial charge >= 0.3 is 0 Å². The van der Waals surface area contributed by atoms with E-state index < -0.39 is 0 Å². The fraction of sp³-hybridized carbons (Fsp3) is 0.500. The highest BCUT2D eigenvalue weighted by Gasteiger charge is 2.21. The molecule has 0 saturated carbocycles. The number of nitrogens with two attached hydrogens (primary N) is 1. The molecule has 0 unspecified atom stereocenters. The Hall–Kier alpha value is -1.42. The first-order valence-electron chi connectivity index (χ1n) is 5.57. The van der Waals surface area contributed by atoms with E-state index >= 15 is 0 Å². The van der Waals surface area contributed by atoms with Crippen LogP contribution in [0.4, 0.5) is 5.69 Å². The molecule has 88 valence electrons. The molecule has 0 bridgehead atoms. The molecule has 1 heterocycles. The molecule has 0 aliphatic carbocycles. The van der Waals surface area contributed by atoms with Gasteiger partial charge in [-0.1, -0.05) is 13.0 Å². The van der Waals surface area contributed by atoms with Crippen LogP contribution in [0.2, 0.25) is 0 Å². The first-order chi connectivity index (χ1) is 7.81. The molecule has 2 N–H and O–H groups in total. The summed E-state index contributed by atoms with van der Waals surface area (Å²) in [7, 11) is 0. The van der Waals surface area contributed by atoms with Crippen molar-refractivity contribution in [1.29, 1.82) is 0 Å². The molecular weight excluding hydrogens is 206 g/mol. The summed E-state index contributed by atoms with van der Waals surface area (Å²) in [5.41, 5.74) is 6.53. The summed E-state index contributed by atoms with van der Waals surface area (Å²) in [4.78, 5) is 0. The van der Waals surface area contributed by atoms with Gasteiger partial charge in [0.05, 0.1) is 19.8 Å². The van der Waals surface area contributed by atoms with Crippen LogP contribution in [0.3, 0.4) is 0 Å². The van der Waals surface area contributed by atoms with Gasteiger partial charge in [-0.05, 0) is 18.6 Å². The van der Waals surface area contributed by atoms with Crippen LogP contribution in [0, 0.1) is 0 Å². The molecule has 0 spiro atoms. The van der Waals surface area contributed by atoms with Crippen molar-refractivity contribution in [2.24, 2.45) is 0 Å². The zero-order valence-electron chi connectivity index (χ0n) is 9.44. The minimum Gasteiger partial charge on any atom is -0.491 e. The Kier molecular flexibility index (Phi) is 3.51. The average molecular weight is 223 g/mol. The van der Waals surface area contributed by atoms with Crippen LogP contribution in [-0.4, -0.2) is 25.9 Å². The van der Waals surface area contributed by atoms with Crippen molar-refractivity contribution in [3.8, 4) is 11.5 Å². The maximum absolute atomic E-state index is 5.96. The maximum Gasteiger partial charge on any atom is 0.146 e. The highest BCUT2D eigenvalue weighted by atomic mass is 16.6. The summed E-state index contributed by atoms with van der Waals surface area (Å²) in [6.45, 7) is 4.00. The second kappa shape index (κ2) is 5.07. The van der Waals surface area contributed by atoms with Gasteiger partial charge in [-0.2, -0.15) is 0 Å². The van der Waals surface area contributed by atoms with E-state index in [1.165, 1.54) is 0 Å². The smallest absolute Gasteiger partial charge is 0.146 e.